The van der Waals surface area contributed by atoms with Crippen molar-refractivity contribution < 1.29 is 14.0 Å². The summed E-state index contributed by atoms with van der Waals surface area (Å²) in [6.07, 6.45) is 4.46. The summed E-state index contributed by atoms with van der Waals surface area (Å²) < 4.78 is 16.0. The van der Waals surface area contributed by atoms with Crippen LogP contribution in [0.4, 0.5) is 14.9 Å². The van der Waals surface area contributed by atoms with Crippen LogP contribution in [-0.4, -0.2) is 45.8 Å². The highest BCUT2D eigenvalue weighted by Crippen LogP contribution is 2.20. The smallest absolute Gasteiger partial charge is 0.321 e. The van der Waals surface area contributed by atoms with Crippen LogP contribution in [0.5, 0.6) is 0 Å². The van der Waals surface area contributed by atoms with Crippen molar-refractivity contribution >= 4 is 33.6 Å². The molecule has 0 bridgehead atoms. The van der Waals surface area contributed by atoms with E-state index in [1.165, 1.54) is 18.3 Å². The van der Waals surface area contributed by atoms with Crippen LogP contribution in [0.3, 0.4) is 0 Å². The van der Waals surface area contributed by atoms with E-state index in [9.17, 15) is 14.0 Å². The second-order valence-electron chi connectivity index (χ2n) is 6.19. The molecular weight excluding hydrogens is 405 g/mol. The lowest BCUT2D eigenvalue weighted by molar-refractivity contribution is 0.0919. The molecule has 1 aliphatic rings. The molecule has 1 fully saturated rings. The summed E-state index contributed by atoms with van der Waals surface area (Å²) in [5.74, 6) is -0.663. The molecule has 2 aromatic rings. The van der Waals surface area contributed by atoms with Gasteiger partial charge in [-0.25, -0.2) is 9.18 Å². The summed E-state index contributed by atoms with van der Waals surface area (Å²) >= 11 is 3.18. The number of aryl methyl sites for hydroxylation is 1. The van der Waals surface area contributed by atoms with Gasteiger partial charge in [0.1, 0.15) is 5.82 Å². The van der Waals surface area contributed by atoms with E-state index in [0.717, 1.165) is 0 Å². The summed E-state index contributed by atoms with van der Waals surface area (Å²) in [7, 11) is 1.75. The number of amides is 3. The molecule has 3 rings (SSSR count). The van der Waals surface area contributed by atoms with Crippen LogP contribution < -0.4 is 10.6 Å². The third kappa shape index (κ3) is 4.40. The Morgan fingerprint density at radius 1 is 1.31 bits per heavy atom. The van der Waals surface area contributed by atoms with Crippen LogP contribution >= 0.6 is 15.9 Å². The van der Waals surface area contributed by atoms with E-state index in [1.807, 2.05) is 0 Å². The molecule has 2 N–H and O–H groups in total. The Labute approximate surface area is 158 Å². The molecule has 0 saturated carbocycles. The Bertz CT molecular complexity index is 817. The number of carbonyl (C=O) groups excluding carboxylic acids is 2. The predicted molar refractivity (Wildman–Crippen MR) is 98.4 cm³/mol. The average Bonchev–Trinajstić information content (AvgIpc) is 3.04. The highest BCUT2D eigenvalue weighted by atomic mass is 79.9. The molecule has 26 heavy (non-hydrogen) atoms. The number of carbonyl (C=O) groups is 2. The number of likely N-dealkylation sites (tertiary alicyclic amines) is 1. The van der Waals surface area contributed by atoms with Crippen molar-refractivity contribution in [1.82, 2.24) is 20.0 Å². The first kappa shape index (κ1) is 18.4. The predicted octanol–water partition coefficient (Wildman–Crippen LogP) is 2.75. The Hall–Kier alpha value is -2.42. The van der Waals surface area contributed by atoms with Gasteiger partial charge in [0, 0.05) is 36.8 Å². The van der Waals surface area contributed by atoms with Crippen molar-refractivity contribution in [2.75, 3.05) is 18.4 Å². The van der Waals surface area contributed by atoms with Crippen molar-refractivity contribution in [1.29, 1.82) is 0 Å². The largest absolute Gasteiger partial charge is 0.349 e. The summed E-state index contributed by atoms with van der Waals surface area (Å²) in [5, 5.41) is 9.52. The molecule has 138 valence electrons. The minimum atomic E-state index is -0.494. The van der Waals surface area contributed by atoms with Gasteiger partial charge in [-0.1, -0.05) is 15.9 Å². The van der Waals surface area contributed by atoms with Crippen LogP contribution in [0, 0.1) is 5.82 Å². The van der Waals surface area contributed by atoms with Gasteiger partial charge in [0.25, 0.3) is 5.91 Å². The molecule has 0 atom stereocenters. The Morgan fingerprint density at radius 3 is 2.65 bits per heavy atom. The molecule has 0 spiro atoms. The molecule has 0 aliphatic carbocycles. The van der Waals surface area contributed by atoms with Crippen molar-refractivity contribution in [2.45, 2.75) is 18.9 Å². The molecule has 1 saturated heterocycles. The lowest BCUT2D eigenvalue weighted by Crippen LogP contribution is -2.47. The highest BCUT2D eigenvalue weighted by molar-refractivity contribution is 9.10. The number of anilines is 1. The van der Waals surface area contributed by atoms with Crippen LogP contribution in [-0.2, 0) is 7.05 Å². The minimum absolute atomic E-state index is 0.00354. The SMILES string of the molecule is Cn1cc(C(=O)NC2CCN(C(=O)Nc3ccc(Br)cc3F)CC2)cn1. The zero-order valence-corrected chi connectivity index (χ0v) is 15.8. The topological polar surface area (TPSA) is 79.3 Å². The molecule has 1 aliphatic heterocycles. The van der Waals surface area contributed by atoms with E-state index < -0.39 is 5.82 Å². The van der Waals surface area contributed by atoms with Crippen LogP contribution in [0.2, 0.25) is 0 Å². The van der Waals surface area contributed by atoms with Crippen molar-refractivity contribution in [3.05, 3.63) is 46.4 Å². The van der Waals surface area contributed by atoms with Gasteiger partial charge in [-0.2, -0.15) is 5.10 Å². The first-order chi connectivity index (χ1) is 12.4. The lowest BCUT2D eigenvalue weighted by Gasteiger charge is -2.32. The molecule has 1 aromatic heterocycles. The van der Waals surface area contributed by atoms with Gasteiger partial charge in [-0.3, -0.25) is 9.48 Å². The average molecular weight is 424 g/mol. The fourth-order valence-electron chi connectivity index (χ4n) is 2.82. The number of aromatic nitrogens is 2. The zero-order chi connectivity index (χ0) is 18.7. The van der Waals surface area contributed by atoms with E-state index in [1.54, 1.807) is 28.9 Å². The number of rotatable bonds is 3. The fourth-order valence-corrected chi connectivity index (χ4v) is 3.15. The Balaban J connectivity index is 1.50. The number of piperidine rings is 1. The van der Waals surface area contributed by atoms with Gasteiger partial charge >= 0.3 is 6.03 Å². The summed E-state index contributed by atoms with van der Waals surface area (Å²) in [5.41, 5.74) is 0.656. The van der Waals surface area contributed by atoms with Gasteiger partial charge in [0.15, 0.2) is 0 Å². The maximum Gasteiger partial charge on any atom is 0.321 e. The molecule has 0 unspecified atom stereocenters. The monoisotopic (exact) mass is 423 g/mol. The first-order valence-corrected chi connectivity index (χ1v) is 9.02. The third-order valence-corrected chi connectivity index (χ3v) is 4.75. The quantitative estimate of drug-likeness (QED) is 0.796. The molecular formula is C17H19BrFN5O2. The van der Waals surface area contributed by atoms with E-state index in [-0.39, 0.29) is 23.7 Å². The number of benzene rings is 1. The van der Waals surface area contributed by atoms with E-state index >= 15 is 0 Å². The normalized spacial score (nSPS) is 15.0. The van der Waals surface area contributed by atoms with E-state index in [0.29, 0.717) is 36.0 Å². The standard InChI is InChI=1S/C17H19BrFN5O2/c1-23-10-11(9-20-23)16(25)21-13-4-6-24(7-5-13)17(26)22-15-3-2-12(18)8-14(15)19/h2-3,8-10,13H,4-7H2,1H3,(H,21,25)(H,22,26). The number of urea groups is 1. The Kier molecular flexibility index (Phi) is 5.55. The van der Waals surface area contributed by atoms with E-state index in [2.05, 4.69) is 31.7 Å². The zero-order valence-electron chi connectivity index (χ0n) is 14.2. The number of nitrogens with one attached hydrogen (secondary N) is 2. The highest BCUT2D eigenvalue weighted by Gasteiger charge is 2.25. The summed E-state index contributed by atoms with van der Waals surface area (Å²) in [6, 6.07) is 4.13. The third-order valence-electron chi connectivity index (χ3n) is 4.26. The van der Waals surface area contributed by atoms with Gasteiger partial charge in [-0.05, 0) is 31.0 Å². The maximum atomic E-state index is 13.8. The van der Waals surface area contributed by atoms with Crippen LogP contribution in [0.1, 0.15) is 23.2 Å². The second-order valence-corrected chi connectivity index (χ2v) is 7.11. The Morgan fingerprint density at radius 2 is 2.04 bits per heavy atom. The number of nitrogens with zero attached hydrogens (tertiary/aromatic N) is 3. The van der Waals surface area contributed by atoms with Crippen molar-refractivity contribution in [2.24, 2.45) is 7.05 Å². The number of hydrogen-bond acceptors (Lipinski definition) is 3. The first-order valence-electron chi connectivity index (χ1n) is 8.23. The molecule has 7 nitrogen and oxygen atoms in total. The fraction of sp³-hybridized carbons (Fsp3) is 0.353. The molecule has 9 heteroatoms. The molecule has 2 heterocycles. The number of halogens is 2. The van der Waals surface area contributed by atoms with Crippen LogP contribution in [0.15, 0.2) is 35.1 Å². The van der Waals surface area contributed by atoms with Gasteiger partial charge in [0.2, 0.25) is 0 Å². The van der Waals surface area contributed by atoms with Crippen LogP contribution in [0.25, 0.3) is 0 Å². The molecule has 1 aromatic carbocycles. The summed E-state index contributed by atoms with van der Waals surface area (Å²) in [6.45, 7) is 0.976. The minimum Gasteiger partial charge on any atom is -0.349 e. The van der Waals surface area contributed by atoms with Gasteiger partial charge in [0.05, 0.1) is 17.4 Å². The van der Waals surface area contributed by atoms with Crippen molar-refractivity contribution in [3.63, 3.8) is 0 Å². The maximum absolute atomic E-state index is 13.8. The number of hydrogen-bond donors (Lipinski definition) is 2. The van der Waals surface area contributed by atoms with E-state index in [4.69, 9.17) is 0 Å². The molecule has 0 radical (unpaired) electrons. The van der Waals surface area contributed by atoms with Gasteiger partial charge < -0.3 is 15.5 Å². The van der Waals surface area contributed by atoms with Crippen molar-refractivity contribution in [3.8, 4) is 0 Å². The second kappa shape index (κ2) is 7.86. The molecule has 3 amide bonds. The summed E-state index contributed by atoms with van der Waals surface area (Å²) in [4.78, 5) is 26.1. The lowest BCUT2D eigenvalue weighted by atomic mass is 10.0. The van der Waals surface area contributed by atoms with Gasteiger partial charge in [-0.15, -0.1) is 0 Å².